The molecular weight excluding hydrogens is 464 g/mol. The van der Waals surface area contributed by atoms with Crippen LogP contribution in [0.3, 0.4) is 0 Å². The zero-order valence-electron chi connectivity index (χ0n) is 18.2. The van der Waals surface area contributed by atoms with E-state index in [1.807, 2.05) is 0 Å². The van der Waals surface area contributed by atoms with Gasteiger partial charge in [-0.15, -0.1) is 0 Å². The molecule has 7 nitrogen and oxygen atoms in total. The van der Waals surface area contributed by atoms with Crippen molar-refractivity contribution in [3.8, 4) is 5.69 Å². The van der Waals surface area contributed by atoms with Crippen molar-refractivity contribution in [1.29, 1.82) is 0 Å². The Bertz CT molecular complexity index is 1400. The fourth-order valence-electron chi connectivity index (χ4n) is 4.33. The van der Waals surface area contributed by atoms with Crippen molar-refractivity contribution in [3.63, 3.8) is 0 Å². The fraction of sp³-hybridized carbons (Fsp3) is 0.292. The Labute approximate surface area is 198 Å². The largest absolute Gasteiger partial charge is 0.388 e. The topological polar surface area (TPSA) is 76.2 Å². The molecule has 0 radical (unpaired) electrons. The molecule has 2 aromatic carbocycles. The molecule has 0 spiro atoms. The lowest BCUT2D eigenvalue weighted by Gasteiger charge is -2.38. The van der Waals surface area contributed by atoms with Crippen LogP contribution >= 0.6 is 11.6 Å². The Morgan fingerprint density at radius 1 is 1.06 bits per heavy atom. The van der Waals surface area contributed by atoms with E-state index in [2.05, 4.69) is 15.0 Å². The quantitative estimate of drug-likeness (QED) is 0.468. The Hall–Kier alpha value is -3.14. The van der Waals surface area contributed by atoms with Gasteiger partial charge in [-0.2, -0.15) is 5.10 Å². The van der Waals surface area contributed by atoms with Crippen LogP contribution in [0.1, 0.15) is 18.4 Å². The van der Waals surface area contributed by atoms with Gasteiger partial charge >= 0.3 is 0 Å². The van der Waals surface area contributed by atoms with Crippen LogP contribution < -0.4 is 5.56 Å². The van der Waals surface area contributed by atoms with Crippen molar-refractivity contribution in [2.24, 2.45) is 0 Å². The van der Waals surface area contributed by atoms with Gasteiger partial charge in [-0.3, -0.25) is 14.3 Å². The third-order valence-electron chi connectivity index (χ3n) is 6.29. The van der Waals surface area contributed by atoms with Crippen molar-refractivity contribution in [3.05, 3.63) is 87.6 Å². The molecule has 0 bridgehead atoms. The number of benzene rings is 2. The van der Waals surface area contributed by atoms with Crippen molar-refractivity contribution in [1.82, 2.24) is 24.2 Å². The fourth-order valence-corrected chi connectivity index (χ4v) is 4.55. The second kappa shape index (κ2) is 8.90. The maximum Gasteiger partial charge on any atom is 0.264 e. The normalized spacial score (nSPS) is 16.2. The van der Waals surface area contributed by atoms with Crippen LogP contribution in [0.25, 0.3) is 16.7 Å². The molecule has 4 aromatic rings. The molecule has 1 aliphatic heterocycles. The van der Waals surface area contributed by atoms with Gasteiger partial charge in [0.1, 0.15) is 23.3 Å². The summed E-state index contributed by atoms with van der Waals surface area (Å²) in [5.41, 5.74) is 0.430. The highest BCUT2D eigenvalue weighted by molar-refractivity contribution is 6.31. The predicted octanol–water partition coefficient (Wildman–Crippen LogP) is 3.54. The maximum absolute atomic E-state index is 13.3. The molecule has 0 unspecified atom stereocenters. The highest BCUT2D eigenvalue weighted by atomic mass is 35.5. The summed E-state index contributed by atoms with van der Waals surface area (Å²) in [5, 5.41) is 16.1. The van der Waals surface area contributed by atoms with Gasteiger partial charge in [0.15, 0.2) is 5.65 Å². The van der Waals surface area contributed by atoms with Crippen LogP contribution in [0.4, 0.5) is 8.78 Å². The molecule has 2 aromatic heterocycles. The minimum atomic E-state index is -1.06. The third kappa shape index (κ3) is 4.46. The highest BCUT2D eigenvalue weighted by Crippen LogP contribution is 2.27. The van der Waals surface area contributed by atoms with Crippen molar-refractivity contribution >= 4 is 22.6 Å². The zero-order chi connectivity index (χ0) is 23.9. The number of likely N-dealkylation sites (tertiary alicyclic amines) is 1. The molecule has 1 fully saturated rings. The smallest absolute Gasteiger partial charge is 0.264 e. The Balaban J connectivity index is 1.30. The average molecular weight is 486 g/mol. The number of aliphatic hydroxyl groups is 1. The lowest BCUT2D eigenvalue weighted by atomic mass is 9.91. The second-order valence-corrected chi connectivity index (χ2v) is 9.09. The molecule has 0 atom stereocenters. The lowest BCUT2D eigenvalue weighted by molar-refractivity contribution is -0.0364. The zero-order valence-corrected chi connectivity index (χ0v) is 18.9. The number of fused-ring (bicyclic) bond motifs is 1. The van der Waals surface area contributed by atoms with Crippen LogP contribution in [0.15, 0.2) is 59.8 Å². The summed E-state index contributed by atoms with van der Waals surface area (Å²) < 4.78 is 29.4. The first-order valence-corrected chi connectivity index (χ1v) is 11.3. The van der Waals surface area contributed by atoms with Crippen LogP contribution in [-0.2, 0) is 13.1 Å². The van der Waals surface area contributed by atoms with Gasteiger partial charge in [0, 0.05) is 24.7 Å². The number of hydrogen-bond donors (Lipinski definition) is 1. The minimum Gasteiger partial charge on any atom is -0.388 e. The average Bonchev–Trinajstić information content (AvgIpc) is 3.25. The first kappa shape index (κ1) is 22.6. The van der Waals surface area contributed by atoms with E-state index in [9.17, 15) is 18.7 Å². The third-order valence-corrected chi connectivity index (χ3v) is 6.64. The summed E-state index contributed by atoms with van der Waals surface area (Å²) in [6.45, 7) is 1.89. The standard InChI is InChI=1S/C24H22ClF2N5O2/c25-21-11-18(27)2-1-16(21)13-30-9-7-24(34,8-10-30)14-31-15-28-22-20(23(31)33)12-29-32(22)19-5-3-17(26)4-6-19/h1-6,11-12,15,34H,7-10,13-14H2. The highest BCUT2D eigenvalue weighted by Gasteiger charge is 2.33. The predicted molar refractivity (Wildman–Crippen MR) is 124 cm³/mol. The number of aromatic nitrogens is 4. The van der Waals surface area contributed by atoms with E-state index in [1.165, 1.54) is 46.0 Å². The van der Waals surface area contributed by atoms with Gasteiger partial charge in [0.05, 0.1) is 24.0 Å². The second-order valence-electron chi connectivity index (χ2n) is 8.68. The molecule has 34 heavy (non-hydrogen) atoms. The first-order valence-electron chi connectivity index (χ1n) is 10.9. The Kier molecular flexibility index (Phi) is 5.93. The molecule has 0 amide bonds. The van der Waals surface area contributed by atoms with Crippen LogP contribution in [-0.4, -0.2) is 48.0 Å². The number of hydrogen-bond acceptors (Lipinski definition) is 5. The van der Waals surface area contributed by atoms with E-state index >= 15 is 0 Å². The first-order chi connectivity index (χ1) is 16.3. The van der Waals surface area contributed by atoms with Crippen LogP contribution in [0.2, 0.25) is 5.02 Å². The summed E-state index contributed by atoms with van der Waals surface area (Å²) in [7, 11) is 0. The van der Waals surface area contributed by atoms with E-state index in [0.29, 0.717) is 54.2 Å². The van der Waals surface area contributed by atoms with E-state index in [1.54, 1.807) is 18.2 Å². The van der Waals surface area contributed by atoms with E-state index < -0.39 is 5.60 Å². The maximum atomic E-state index is 13.3. The Morgan fingerprint density at radius 3 is 2.47 bits per heavy atom. The molecule has 0 aliphatic carbocycles. The lowest BCUT2D eigenvalue weighted by Crippen LogP contribution is -2.47. The molecule has 3 heterocycles. The molecule has 10 heteroatoms. The summed E-state index contributed by atoms with van der Waals surface area (Å²) in [6, 6.07) is 10.1. The van der Waals surface area contributed by atoms with E-state index in [0.717, 1.165) is 5.56 Å². The van der Waals surface area contributed by atoms with Crippen LogP contribution in [0.5, 0.6) is 0 Å². The molecule has 1 saturated heterocycles. The molecular formula is C24H22ClF2N5O2. The van der Waals surface area contributed by atoms with Gasteiger partial charge in [-0.25, -0.2) is 18.4 Å². The summed E-state index contributed by atoms with van der Waals surface area (Å²) >= 11 is 6.14. The number of rotatable bonds is 5. The van der Waals surface area contributed by atoms with Crippen molar-refractivity contribution in [2.75, 3.05) is 13.1 Å². The Morgan fingerprint density at radius 2 is 1.76 bits per heavy atom. The summed E-state index contributed by atoms with van der Waals surface area (Å²) in [6.07, 6.45) is 3.77. The van der Waals surface area contributed by atoms with Gasteiger partial charge in [-0.05, 0) is 54.8 Å². The molecule has 0 saturated carbocycles. The van der Waals surface area contributed by atoms with Gasteiger partial charge in [-0.1, -0.05) is 17.7 Å². The van der Waals surface area contributed by atoms with Gasteiger partial charge < -0.3 is 5.11 Å². The monoisotopic (exact) mass is 485 g/mol. The van der Waals surface area contributed by atoms with Crippen molar-refractivity contribution in [2.45, 2.75) is 31.5 Å². The van der Waals surface area contributed by atoms with Gasteiger partial charge in [0.25, 0.3) is 5.56 Å². The minimum absolute atomic E-state index is 0.113. The van der Waals surface area contributed by atoms with Crippen molar-refractivity contribution < 1.29 is 13.9 Å². The molecule has 1 aliphatic rings. The molecule has 1 N–H and O–H groups in total. The SMILES string of the molecule is O=c1c2cnn(-c3ccc(F)cc3)c2ncn1CC1(O)CCN(Cc2ccc(F)cc2Cl)CC1. The van der Waals surface area contributed by atoms with Gasteiger partial charge in [0.2, 0.25) is 0 Å². The van der Waals surface area contributed by atoms with E-state index in [-0.39, 0.29) is 23.7 Å². The number of halogens is 3. The summed E-state index contributed by atoms with van der Waals surface area (Å²) in [4.78, 5) is 19.6. The number of piperidine rings is 1. The van der Waals surface area contributed by atoms with Crippen LogP contribution in [0, 0.1) is 11.6 Å². The number of nitrogens with zero attached hydrogens (tertiary/aromatic N) is 5. The summed E-state index contributed by atoms with van der Waals surface area (Å²) in [5.74, 6) is -0.739. The molecule has 176 valence electrons. The van der Waals surface area contributed by atoms with E-state index in [4.69, 9.17) is 11.6 Å². The molecule has 5 rings (SSSR count).